The largest absolute Gasteiger partial charge is 0.366 e. The van der Waals surface area contributed by atoms with E-state index in [1.807, 2.05) is 0 Å². The normalized spacial score (nSPS) is 60.3. The average Bonchev–Trinajstić information content (AvgIpc) is 3.06. The molecule has 0 unspecified atom stereocenters. The van der Waals surface area contributed by atoms with Gasteiger partial charge in [-0.25, -0.2) is 0 Å². The zero-order chi connectivity index (χ0) is 13.9. The number of hydrogen-bond donors (Lipinski definition) is 0. The van der Waals surface area contributed by atoms with Gasteiger partial charge >= 0.3 is 0 Å². The lowest BCUT2D eigenvalue weighted by Crippen LogP contribution is -2.44. The maximum Gasteiger partial charge on any atom is 0.130 e. The van der Waals surface area contributed by atoms with Crippen LogP contribution in [0.2, 0.25) is 0 Å². The second kappa shape index (κ2) is 3.15. The smallest absolute Gasteiger partial charge is 0.130 e. The van der Waals surface area contributed by atoms with Gasteiger partial charge in [0.15, 0.2) is 0 Å². The summed E-state index contributed by atoms with van der Waals surface area (Å²) in [5.74, 6) is 0.515. The van der Waals surface area contributed by atoms with Gasteiger partial charge < -0.3 is 4.74 Å². The quantitative estimate of drug-likeness (QED) is 0.456. The Balaban J connectivity index is 1.86. The van der Waals surface area contributed by atoms with Gasteiger partial charge in [-0.3, -0.25) is 0 Å². The van der Waals surface area contributed by atoms with E-state index in [1.165, 1.54) is 19.3 Å². The van der Waals surface area contributed by atoms with Crippen molar-refractivity contribution < 1.29 is 4.74 Å². The van der Waals surface area contributed by atoms with Crippen LogP contribution in [-0.4, -0.2) is 16.0 Å². The monoisotopic (exact) mass is 302 g/mol. The molecular weight excluding hydrogens is 279 g/mol. The van der Waals surface area contributed by atoms with Gasteiger partial charge in [-0.2, -0.15) is 0 Å². The highest BCUT2D eigenvalue weighted by atomic mass is 35.5. The number of fused-ring (bicyclic) bond motifs is 2. The molecule has 4 fully saturated rings. The van der Waals surface area contributed by atoms with Gasteiger partial charge in [0.1, 0.15) is 4.33 Å². The first-order valence-corrected chi connectivity index (χ1v) is 8.44. The van der Waals surface area contributed by atoms with Crippen LogP contribution in [0.25, 0.3) is 0 Å². The zero-order valence-electron chi connectivity index (χ0n) is 12.4. The Kier molecular flexibility index (Phi) is 2.19. The van der Waals surface area contributed by atoms with Crippen molar-refractivity contribution in [3.8, 4) is 0 Å². The second-order valence-corrected chi connectivity index (χ2v) is 9.88. The summed E-state index contributed by atoms with van der Waals surface area (Å²) in [6, 6.07) is 0. The average molecular weight is 303 g/mol. The molecule has 4 rings (SSSR count). The summed E-state index contributed by atoms with van der Waals surface area (Å²) in [6.45, 7) is 9.41. The van der Waals surface area contributed by atoms with Crippen molar-refractivity contribution in [2.24, 2.45) is 22.2 Å². The van der Waals surface area contributed by atoms with Crippen LogP contribution in [0.1, 0.15) is 59.8 Å². The molecule has 0 amide bonds. The second-order valence-electron chi connectivity index (χ2n) is 8.55. The van der Waals surface area contributed by atoms with Gasteiger partial charge in [0.05, 0.1) is 11.7 Å². The van der Waals surface area contributed by atoms with Crippen molar-refractivity contribution in [1.29, 1.82) is 0 Å². The van der Waals surface area contributed by atoms with Crippen LogP contribution in [0.4, 0.5) is 0 Å². The van der Waals surface area contributed by atoms with Crippen LogP contribution in [0.15, 0.2) is 0 Å². The van der Waals surface area contributed by atoms with Crippen molar-refractivity contribution in [1.82, 2.24) is 0 Å². The van der Waals surface area contributed by atoms with E-state index >= 15 is 0 Å². The molecule has 19 heavy (non-hydrogen) atoms. The van der Waals surface area contributed by atoms with E-state index in [0.717, 1.165) is 12.8 Å². The summed E-state index contributed by atoms with van der Waals surface area (Å²) >= 11 is 13.7. The van der Waals surface area contributed by atoms with Crippen molar-refractivity contribution in [3.05, 3.63) is 0 Å². The Hall–Kier alpha value is 0.540. The first kappa shape index (κ1) is 13.2. The molecular formula is C16H24Cl2O. The molecule has 1 saturated heterocycles. The lowest BCUT2D eigenvalue weighted by atomic mass is 9.59. The Bertz CT molecular complexity index is 460. The van der Waals surface area contributed by atoms with Gasteiger partial charge in [0.2, 0.25) is 0 Å². The number of rotatable bonds is 0. The van der Waals surface area contributed by atoms with Gasteiger partial charge in [-0.05, 0) is 38.0 Å². The molecule has 0 radical (unpaired) electrons. The van der Waals surface area contributed by atoms with E-state index in [4.69, 9.17) is 27.9 Å². The minimum absolute atomic E-state index is 0.0871. The highest BCUT2D eigenvalue weighted by Crippen LogP contribution is 2.89. The van der Waals surface area contributed by atoms with Crippen LogP contribution in [0.5, 0.6) is 0 Å². The predicted molar refractivity (Wildman–Crippen MR) is 78.6 cm³/mol. The molecule has 1 spiro atoms. The minimum Gasteiger partial charge on any atom is -0.366 e. The highest BCUT2D eigenvalue weighted by molar-refractivity contribution is 6.52. The molecule has 3 aliphatic carbocycles. The van der Waals surface area contributed by atoms with Gasteiger partial charge in [-0.15, -0.1) is 23.2 Å². The van der Waals surface area contributed by atoms with Crippen LogP contribution in [0, 0.1) is 22.2 Å². The number of ether oxygens (including phenoxy) is 1. The number of halogens is 2. The van der Waals surface area contributed by atoms with Crippen LogP contribution in [0.3, 0.4) is 0 Å². The lowest BCUT2D eigenvalue weighted by Gasteiger charge is -2.43. The highest BCUT2D eigenvalue weighted by Gasteiger charge is 2.90. The fraction of sp³-hybridized carbons (Fsp3) is 1.00. The Morgan fingerprint density at radius 1 is 0.947 bits per heavy atom. The van der Waals surface area contributed by atoms with Crippen LogP contribution in [-0.2, 0) is 4.74 Å². The molecule has 4 aliphatic rings. The molecule has 3 saturated carbocycles. The summed E-state index contributed by atoms with van der Waals surface area (Å²) in [4.78, 5) is 0. The lowest BCUT2D eigenvalue weighted by molar-refractivity contribution is 0.0569. The van der Waals surface area contributed by atoms with E-state index in [-0.39, 0.29) is 21.8 Å². The fourth-order valence-electron chi connectivity index (χ4n) is 6.01. The third-order valence-corrected chi connectivity index (χ3v) is 8.81. The SMILES string of the molecule is CC1(C)CCC[C@@]2(C)C(Cl)(Cl)[C@]23CC[C@@]2(C)O[C@H]2[C@@H]13. The number of hydrogen-bond acceptors (Lipinski definition) is 1. The summed E-state index contributed by atoms with van der Waals surface area (Å²) in [5, 5.41) is 0. The van der Waals surface area contributed by atoms with Crippen molar-refractivity contribution in [3.63, 3.8) is 0 Å². The molecule has 1 aliphatic heterocycles. The third-order valence-electron chi connectivity index (χ3n) is 7.31. The van der Waals surface area contributed by atoms with E-state index in [0.29, 0.717) is 12.0 Å². The maximum atomic E-state index is 6.86. The van der Waals surface area contributed by atoms with E-state index < -0.39 is 4.33 Å². The Morgan fingerprint density at radius 2 is 1.63 bits per heavy atom. The van der Waals surface area contributed by atoms with Crippen LogP contribution >= 0.6 is 23.2 Å². The minimum atomic E-state index is -0.546. The molecule has 3 heteroatoms. The summed E-state index contributed by atoms with van der Waals surface area (Å²) in [7, 11) is 0. The van der Waals surface area contributed by atoms with Gasteiger partial charge in [0.25, 0.3) is 0 Å². The van der Waals surface area contributed by atoms with Crippen molar-refractivity contribution in [2.75, 3.05) is 0 Å². The topological polar surface area (TPSA) is 12.5 Å². The molecule has 5 atom stereocenters. The Morgan fingerprint density at radius 3 is 2.32 bits per heavy atom. The van der Waals surface area contributed by atoms with Gasteiger partial charge in [-0.1, -0.05) is 27.2 Å². The summed E-state index contributed by atoms with van der Waals surface area (Å²) in [6.07, 6.45) is 6.33. The molecule has 0 aromatic rings. The standard InChI is InChI=1S/C16H24Cl2O/c1-12(2)6-5-7-14(4)15(16(14,17)18)9-8-13(3)11(19-13)10(12)15/h10-11H,5-9H2,1-4H3/t10-,11-,13+,14+,15-/m0/s1. The Labute approximate surface area is 126 Å². The van der Waals surface area contributed by atoms with Crippen molar-refractivity contribution >= 4 is 23.2 Å². The van der Waals surface area contributed by atoms with E-state index in [2.05, 4.69) is 27.7 Å². The molecule has 0 N–H and O–H groups in total. The molecule has 1 heterocycles. The predicted octanol–water partition coefficient (Wildman–Crippen LogP) is 4.94. The summed E-state index contributed by atoms with van der Waals surface area (Å²) in [5.41, 5.74) is 0.579. The maximum absolute atomic E-state index is 6.86. The number of alkyl halides is 2. The first-order valence-electron chi connectivity index (χ1n) is 7.68. The molecule has 0 aromatic carbocycles. The molecule has 1 nitrogen and oxygen atoms in total. The fourth-order valence-corrected chi connectivity index (χ4v) is 7.28. The molecule has 108 valence electrons. The van der Waals surface area contributed by atoms with Crippen molar-refractivity contribution in [2.45, 2.75) is 75.8 Å². The van der Waals surface area contributed by atoms with E-state index in [9.17, 15) is 0 Å². The molecule has 0 bridgehead atoms. The van der Waals surface area contributed by atoms with E-state index in [1.54, 1.807) is 0 Å². The van der Waals surface area contributed by atoms with Crippen LogP contribution < -0.4 is 0 Å². The summed E-state index contributed by atoms with van der Waals surface area (Å²) < 4.78 is 5.59. The third kappa shape index (κ3) is 1.18. The first-order chi connectivity index (χ1) is 8.63. The number of epoxide rings is 1. The zero-order valence-corrected chi connectivity index (χ0v) is 13.9. The van der Waals surface area contributed by atoms with Gasteiger partial charge in [0, 0.05) is 16.7 Å². The molecule has 0 aromatic heterocycles.